The van der Waals surface area contributed by atoms with Crippen LogP contribution < -0.4 is 10.6 Å². The molecule has 2 aliphatic rings. The molecule has 2 heterocycles. The first-order chi connectivity index (χ1) is 15.1. The summed E-state index contributed by atoms with van der Waals surface area (Å²) in [6.07, 6.45) is 0.990. The van der Waals surface area contributed by atoms with E-state index >= 15 is 4.39 Å². The molecular formula is C23H32FN3O5. The normalized spacial score (nSPS) is 24.7. The van der Waals surface area contributed by atoms with Gasteiger partial charge in [-0.1, -0.05) is 6.07 Å². The van der Waals surface area contributed by atoms with Crippen molar-refractivity contribution in [1.29, 1.82) is 0 Å². The molecular weight excluding hydrogens is 417 g/mol. The lowest BCUT2D eigenvalue weighted by Crippen LogP contribution is -2.47. The van der Waals surface area contributed by atoms with Crippen molar-refractivity contribution in [3.05, 3.63) is 29.6 Å². The minimum atomic E-state index is -0.569. The zero-order valence-electron chi connectivity index (χ0n) is 19.1. The van der Waals surface area contributed by atoms with Crippen molar-refractivity contribution < 1.29 is 28.2 Å². The maximum Gasteiger partial charge on any atom is 0.320 e. The van der Waals surface area contributed by atoms with Crippen molar-refractivity contribution in [2.75, 3.05) is 32.1 Å². The Kier molecular flexibility index (Phi) is 7.51. The van der Waals surface area contributed by atoms with Crippen LogP contribution in [0.1, 0.15) is 51.5 Å². The highest BCUT2D eigenvalue weighted by molar-refractivity contribution is 6.01. The molecule has 9 heteroatoms. The van der Waals surface area contributed by atoms with Gasteiger partial charge in [0.05, 0.1) is 12.6 Å². The molecule has 3 atom stereocenters. The molecule has 2 aliphatic heterocycles. The number of benzene rings is 1. The molecule has 0 bridgehead atoms. The first-order valence-electron chi connectivity index (χ1n) is 10.9. The molecule has 0 aliphatic carbocycles. The van der Waals surface area contributed by atoms with Crippen molar-refractivity contribution in [3.8, 4) is 0 Å². The van der Waals surface area contributed by atoms with E-state index in [9.17, 15) is 14.4 Å². The quantitative estimate of drug-likeness (QED) is 0.508. The fourth-order valence-corrected chi connectivity index (χ4v) is 4.23. The molecule has 2 fully saturated rings. The average Bonchev–Trinajstić information content (AvgIpc) is 2.69. The van der Waals surface area contributed by atoms with Crippen LogP contribution in [0.3, 0.4) is 0 Å². The molecule has 1 aromatic carbocycles. The summed E-state index contributed by atoms with van der Waals surface area (Å²) in [6, 6.07) is 4.26. The second kappa shape index (κ2) is 9.95. The van der Waals surface area contributed by atoms with Crippen LogP contribution in [0, 0.1) is 5.82 Å². The van der Waals surface area contributed by atoms with Gasteiger partial charge < -0.3 is 14.8 Å². The minimum Gasteiger partial charge on any atom is -0.459 e. The zero-order chi connectivity index (χ0) is 23.5. The molecule has 1 aromatic rings. The number of hydrogen-bond acceptors (Lipinski definition) is 7. The Hall–Kier alpha value is -2.52. The van der Waals surface area contributed by atoms with E-state index in [4.69, 9.17) is 9.47 Å². The van der Waals surface area contributed by atoms with Crippen molar-refractivity contribution >= 4 is 23.5 Å². The Balaban J connectivity index is 1.63. The van der Waals surface area contributed by atoms with Gasteiger partial charge in [-0.2, -0.15) is 0 Å². The molecule has 0 spiro atoms. The van der Waals surface area contributed by atoms with Crippen LogP contribution in [-0.4, -0.2) is 67.2 Å². The van der Waals surface area contributed by atoms with Gasteiger partial charge in [0.1, 0.15) is 17.5 Å². The molecule has 2 N–H and O–H groups in total. The largest absolute Gasteiger partial charge is 0.459 e. The number of nitrogens with zero attached hydrogens (tertiary/aromatic N) is 1. The highest BCUT2D eigenvalue weighted by Gasteiger charge is 2.34. The van der Waals surface area contributed by atoms with Crippen molar-refractivity contribution in [3.63, 3.8) is 0 Å². The highest BCUT2D eigenvalue weighted by atomic mass is 19.1. The number of esters is 1. The average molecular weight is 450 g/mol. The number of hydrogen-bond donors (Lipinski definition) is 2. The summed E-state index contributed by atoms with van der Waals surface area (Å²) in [7, 11) is 1.59. The Labute approximate surface area is 187 Å². The summed E-state index contributed by atoms with van der Waals surface area (Å²) in [4.78, 5) is 37.3. The number of anilines is 1. The zero-order valence-corrected chi connectivity index (χ0v) is 19.1. The summed E-state index contributed by atoms with van der Waals surface area (Å²) in [6.45, 7) is 6.78. The van der Waals surface area contributed by atoms with Crippen LogP contribution in [0.15, 0.2) is 18.2 Å². The Bertz CT molecular complexity index is 870. The number of likely N-dealkylation sites (tertiary alicyclic amines) is 1. The van der Waals surface area contributed by atoms with E-state index in [0.29, 0.717) is 37.2 Å². The number of carbonyl (C=O) groups is 3. The van der Waals surface area contributed by atoms with E-state index in [1.165, 1.54) is 6.07 Å². The van der Waals surface area contributed by atoms with E-state index in [0.717, 1.165) is 0 Å². The summed E-state index contributed by atoms with van der Waals surface area (Å²) in [5.41, 5.74) is 0.489. The molecule has 3 rings (SSSR count). The van der Waals surface area contributed by atoms with Crippen molar-refractivity contribution in [2.24, 2.45) is 0 Å². The number of piperidine rings is 2. The summed E-state index contributed by atoms with van der Waals surface area (Å²) in [5, 5.41) is 5.28. The van der Waals surface area contributed by atoms with Crippen LogP contribution in [0.4, 0.5) is 10.1 Å². The van der Waals surface area contributed by atoms with Gasteiger partial charge in [0, 0.05) is 31.7 Å². The topological polar surface area (TPSA) is 97.0 Å². The maximum absolute atomic E-state index is 15.0. The van der Waals surface area contributed by atoms with Gasteiger partial charge in [0.15, 0.2) is 0 Å². The molecule has 32 heavy (non-hydrogen) atoms. The number of halogens is 1. The van der Waals surface area contributed by atoms with E-state index in [-0.39, 0.29) is 42.7 Å². The molecule has 0 aromatic heterocycles. The maximum atomic E-state index is 15.0. The number of methoxy groups -OCH3 is 1. The molecule has 0 radical (unpaired) electrons. The van der Waals surface area contributed by atoms with Gasteiger partial charge in [0.25, 0.3) is 0 Å². The third-order valence-corrected chi connectivity index (χ3v) is 5.70. The number of ether oxygens (including phenoxy) is 2. The van der Waals surface area contributed by atoms with Crippen LogP contribution in [-0.2, 0) is 23.9 Å². The molecule has 176 valence electrons. The molecule has 2 saturated heterocycles. The molecule has 8 nitrogen and oxygen atoms in total. The third kappa shape index (κ3) is 6.26. The number of rotatable bonds is 6. The Morgan fingerprint density at radius 2 is 2.03 bits per heavy atom. The highest BCUT2D eigenvalue weighted by Crippen LogP contribution is 2.33. The monoisotopic (exact) mass is 449 g/mol. The lowest BCUT2D eigenvalue weighted by atomic mass is 9.86. The van der Waals surface area contributed by atoms with Gasteiger partial charge >= 0.3 is 5.97 Å². The van der Waals surface area contributed by atoms with E-state index in [1.54, 1.807) is 19.2 Å². The van der Waals surface area contributed by atoms with Crippen LogP contribution in [0.5, 0.6) is 0 Å². The van der Waals surface area contributed by atoms with Crippen molar-refractivity contribution in [1.82, 2.24) is 10.2 Å². The standard InChI is InChI=1S/C23H32FN3O5/c1-23(2,3)32-21(29)13-27-10-9-16(19(12-27)31-4)15-6-5-14(11-17(15)24)25-18-7-8-20(28)26-22(18)30/h5-6,11,16,18-19,25H,7-10,12-13H2,1-4H3,(H,26,28,30)/t16-,18-,19+/m1/s1. The molecule has 0 saturated carbocycles. The summed E-state index contributed by atoms with van der Waals surface area (Å²) in [5.74, 6) is -1.52. The lowest BCUT2D eigenvalue weighted by molar-refractivity contribution is -0.157. The Morgan fingerprint density at radius 1 is 1.28 bits per heavy atom. The predicted octanol–water partition coefficient (Wildman–Crippen LogP) is 2.19. The Morgan fingerprint density at radius 3 is 2.66 bits per heavy atom. The number of amides is 2. The number of carbonyl (C=O) groups excluding carboxylic acids is 3. The predicted molar refractivity (Wildman–Crippen MR) is 117 cm³/mol. The minimum absolute atomic E-state index is 0.153. The van der Waals surface area contributed by atoms with E-state index in [2.05, 4.69) is 10.6 Å². The van der Waals surface area contributed by atoms with Gasteiger partial charge in [-0.3, -0.25) is 24.6 Å². The van der Waals surface area contributed by atoms with Gasteiger partial charge in [-0.15, -0.1) is 0 Å². The van der Waals surface area contributed by atoms with Gasteiger partial charge in [0.2, 0.25) is 11.8 Å². The first kappa shape index (κ1) is 24.1. The molecule has 0 unspecified atom stereocenters. The SMILES string of the molecule is CO[C@H]1CN(CC(=O)OC(C)(C)C)CC[C@@H]1c1ccc(N[C@@H]2CCC(=O)NC2=O)cc1F. The first-order valence-corrected chi connectivity index (χ1v) is 10.9. The fraction of sp³-hybridized carbons (Fsp3) is 0.609. The van der Waals surface area contributed by atoms with E-state index < -0.39 is 17.6 Å². The number of nitrogens with one attached hydrogen (secondary N) is 2. The van der Waals surface area contributed by atoms with Gasteiger partial charge in [-0.05, 0) is 57.9 Å². The summed E-state index contributed by atoms with van der Waals surface area (Å²) >= 11 is 0. The second-order valence-corrected chi connectivity index (χ2v) is 9.38. The summed E-state index contributed by atoms with van der Waals surface area (Å²) < 4.78 is 26.0. The smallest absolute Gasteiger partial charge is 0.320 e. The van der Waals surface area contributed by atoms with Crippen molar-refractivity contribution in [2.45, 2.75) is 63.7 Å². The lowest BCUT2D eigenvalue weighted by Gasteiger charge is -2.38. The second-order valence-electron chi connectivity index (χ2n) is 9.38. The third-order valence-electron chi connectivity index (χ3n) is 5.70. The fourth-order valence-electron chi connectivity index (χ4n) is 4.23. The van der Waals surface area contributed by atoms with Crippen LogP contribution in [0.25, 0.3) is 0 Å². The van der Waals surface area contributed by atoms with Crippen LogP contribution in [0.2, 0.25) is 0 Å². The van der Waals surface area contributed by atoms with E-state index in [1.807, 2.05) is 25.7 Å². The van der Waals surface area contributed by atoms with Gasteiger partial charge in [-0.25, -0.2) is 4.39 Å². The number of imide groups is 1. The van der Waals surface area contributed by atoms with Crippen LogP contribution >= 0.6 is 0 Å². The molecule has 2 amide bonds.